The zero-order chi connectivity index (χ0) is 11.7. The van der Waals surface area contributed by atoms with Crippen molar-refractivity contribution in [2.24, 2.45) is 0 Å². The Labute approximate surface area is 99.9 Å². The minimum Gasteiger partial charge on any atom is -0.428 e. The molecule has 2 nitrogen and oxygen atoms in total. The van der Waals surface area contributed by atoms with Gasteiger partial charge in [0.2, 0.25) is 0 Å². The van der Waals surface area contributed by atoms with Gasteiger partial charge < -0.3 is 4.74 Å². The first-order valence-electron chi connectivity index (χ1n) is 5.66. The molecule has 2 heteroatoms. The lowest BCUT2D eigenvalue weighted by Gasteiger charge is -2.21. The van der Waals surface area contributed by atoms with Crippen molar-refractivity contribution in [3.63, 3.8) is 0 Å². The monoisotopic (exact) mass is 224 g/mol. The molecule has 0 radical (unpaired) electrons. The van der Waals surface area contributed by atoms with Gasteiger partial charge in [0.25, 0.3) is 6.47 Å². The molecule has 1 aliphatic rings. The Kier molecular flexibility index (Phi) is 2.41. The topological polar surface area (TPSA) is 26.3 Å². The predicted octanol–water partition coefficient (Wildman–Crippen LogP) is 2.72. The Morgan fingerprint density at radius 2 is 1.59 bits per heavy atom. The lowest BCUT2D eigenvalue weighted by atomic mass is 9.86. The summed E-state index contributed by atoms with van der Waals surface area (Å²) in [6.07, 6.45) is 1.76. The zero-order valence-electron chi connectivity index (χ0n) is 9.35. The maximum absolute atomic E-state index is 10.5. The molecule has 2 aromatic carbocycles. The molecule has 0 fully saturated rings. The quantitative estimate of drug-likeness (QED) is 0.626. The van der Waals surface area contributed by atoms with E-state index >= 15 is 0 Å². The van der Waals surface area contributed by atoms with Crippen molar-refractivity contribution >= 4 is 6.47 Å². The molecule has 17 heavy (non-hydrogen) atoms. The average molecular weight is 224 g/mol. The Bertz CT molecular complexity index is 573. The van der Waals surface area contributed by atoms with Crippen LogP contribution < -0.4 is 4.74 Å². The van der Waals surface area contributed by atoms with Crippen molar-refractivity contribution in [1.82, 2.24) is 0 Å². The largest absolute Gasteiger partial charge is 0.428 e. The van der Waals surface area contributed by atoms with Crippen LogP contribution in [0.2, 0.25) is 0 Å². The van der Waals surface area contributed by atoms with Crippen LogP contribution in [-0.4, -0.2) is 6.47 Å². The number of benzene rings is 2. The van der Waals surface area contributed by atoms with Crippen LogP contribution in [0.1, 0.15) is 22.3 Å². The van der Waals surface area contributed by atoms with Crippen LogP contribution >= 0.6 is 0 Å². The molecule has 1 aliphatic carbocycles. The molecule has 0 saturated heterocycles. The molecule has 0 N–H and O–H groups in total. The van der Waals surface area contributed by atoms with Crippen molar-refractivity contribution in [3.05, 3.63) is 64.7 Å². The molecule has 0 spiro atoms. The van der Waals surface area contributed by atoms with Crippen LogP contribution in [0.3, 0.4) is 0 Å². The molecule has 3 rings (SSSR count). The zero-order valence-corrected chi connectivity index (χ0v) is 9.35. The minimum absolute atomic E-state index is 0.496. The molecule has 84 valence electrons. The summed E-state index contributed by atoms with van der Waals surface area (Å²) in [7, 11) is 0. The molecular formula is C15H12O2. The van der Waals surface area contributed by atoms with Crippen molar-refractivity contribution in [1.29, 1.82) is 0 Å². The van der Waals surface area contributed by atoms with Crippen LogP contribution in [0.25, 0.3) is 0 Å². The fourth-order valence-electron chi connectivity index (χ4n) is 2.44. The van der Waals surface area contributed by atoms with Crippen molar-refractivity contribution in [3.8, 4) is 5.75 Å². The summed E-state index contributed by atoms with van der Waals surface area (Å²) in [5.41, 5.74) is 5.08. The molecule has 0 aromatic heterocycles. The van der Waals surface area contributed by atoms with E-state index in [1.807, 2.05) is 18.2 Å². The van der Waals surface area contributed by atoms with E-state index in [4.69, 9.17) is 4.74 Å². The van der Waals surface area contributed by atoms with Gasteiger partial charge >= 0.3 is 0 Å². The third-order valence-electron chi connectivity index (χ3n) is 3.27. The van der Waals surface area contributed by atoms with Gasteiger partial charge in [-0.25, -0.2) is 0 Å². The predicted molar refractivity (Wildman–Crippen MR) is 65.2 cm³/mol. The van der Waals surface area contributed by atoms with Gasteiger partial charge in [0.1, 0.15) is 5.75 Å². The van der Waals surface area contributed by atoms with Gasteiger partial charge in [-0.3, -0.25) is 4.79 Å². The van der Waals surface area contributed by atoms with E-state index < -0.39 is 0 Å². The molecule has 2 aromatic rings. The number of hydrogen-bond acceptors (Lipinski definition) is 2. The van der Waals surface area contributed by atoms with Gasteiger partial charge in [0.15, 0.2) is 0 Å². The summed E-state index contributed by atoms with van der Waals surface area (Å²) >= 11 is 0. The Balaban J connectivity index is 2.08. The third-order valence-corrected chi connectivity index (χ3v) is 3.27. The van der Waals surface area contributed by atoms with Gasteiger partial charge in [-0.1, -0.05) is 36.4 Å². The molecule has 0 saturated carbocycles. The first-order valence-corrected chi connectivity index (χ1v) is 5.66. The fourth-order valence-corrected chi connectivity index (χ4v) is 2.44. The minimum atomic E-state index is 0.496. The SMILES string of the molecule is O=COc1cccc2c1Cc1ccccc1C2. The third kappa shape index (κ3) is 1.72. The number of ether oxygens (including phenoxy) is 1. The van der Waals surface area contributed by atoms with Gasteiger partial charge in [-0.15, -0.1) is 0 Å². The highest BCUT2D eigenvalue weighted by Gasteiger charge is 2.17. The number of hydrogen-bond donors (Lipinski definition) is 0. The van der Waals surface area contributed by atoms with E-state index in [0.717, 1.165) is 18.4 Å². The fraction of sp³-hybridized carbons (Fsp3) is 0.133. The number of rotatable bonds is 2. The molecule has 0 amide bonds. The molecule has 0 aliphatic heterocycles. The maximum atomic E-state index is 10.5. The lowest BCUT2D eigenvalue weighted by Crippen LogP contribution is -2.09. The van der Waals surface area contributed by atoms with Gasteiger partial charge in [0.05, 0.1) is 0 Å². The second-order valence-electron chi connectivity index (χ2n) is 4.23. The molecular weight excluding hydrogens is 212 g/mol. The van der Waals surface area contributed by atoms with Crippen molar-refractivity contribution < 1.29 is 9.53 Å². The molecule has 0 heterocycles. The first kappa shape index (κ1) is 10.1. The summed E-state index contributed by atoms with van der Waals surface area (Å²) in [6.45, 7) is 0.496. The Morgan fingerprint density at radius 1 is 0.882 bits per heavy atom. The summed E-state index contributed by atoms with van der Waals surface area (Å²) < 4.78 is 5.04. The first-order chi connectivity index (χ1) is 8.38. The highest BCUT2D eigenvalue weighted by atomic mass is 16.5. The lowest BCUT2D eigenvalue weighted by molar-refractivity contribution is -0.120. The van der Waals surface area contributed by atoms with Gasteiger partial charge in [-0.2, -0.15) is 0 Å². The Morgan fingerprint density at radius 3 is 2.35 bits per heavy atom. The summed E-state index contributed by atoms with van der Waals surface area (Å²) in [6, 6.07) is 14.3. The highest BCUT2D eigenvalue weighted by molar-refractivity contribution is 5.55. The number of fused-ring (bicyclic) bond motifs is 2. The smallest absolute Gasteiger partial charge is 0.298 e. The second kappa shape index (κ2) is 4.06. The van der Waals surface area contributed by atoms with Crippen LogP contribution in [-0.2, 0) is 17.6 Å². The van der Waals surface area contributed by atoms with Crippen LogP contribution in [0.4, 0.5) is 0 Å². The van der Waals surface area contributed by atoms with E-state index in [2.05, 4.69) is 24.3 Å². The summed E-state index contributed by atoms with van der Waals surface area (Å²) in [5.74, 6) is 0.687. The average Bonchev–Trinajstić information content (AvgIpc) is 2.37. The second-order valence-corrected chi connectivity index (χ2v) is 4.23. The normalized spacial score (nSPS) is 12.5. The van der Waals surface area contributed by atoms with E-state index in [9.17, 15) is 4.79 Å². The molecule has 0 unspecified atom stereocenters. The molecule has 0 bridgehead atoms. The maximum Gasteiger partial charge on any atom is 0.298 e. The van der Waals surface area contributed by atoms with E-state index in [1.54, 1.807) is 0 Å². The summed E-state index contributed by atoms with van der Waals surface area (Å²) in [5, 5.41) is 0. The number of carbonyl (C=O) groups excluding carboxylic acids is 1. The standard InChI is InChI=1S/C15H12O2/c16-10-17-15-7-3-6-13-8-11-4-1-2-5-12(11)9-14(13)15/h1-7,10H,8-9H2. The van der Waals surface area contributed by atoms with Crippen LogP contribution in [0.5, 0.6) is 5.75 Å². The summed E-state index contributed by atoms with van der Waals surface area (Å²) in [4.78, 5) is 10.5. The highest BCUT2D eigenvalue weighted by Crippen LogP contribution is 2.32. The van der Waals surface area contributed by atoms with E-state index in [-0.39, 0.29) is 0 Å². The van der Waals surface area contributed by atoms with Crippen LogP contribution in [0.15, 0.2) is 42.5 Å². The Hall–Kier alpha value is -2.09. The van der Waals surface area contributed by atoms with Crippen molar-refractivity contribution in [2.75, 3.05) is 0 Å². The van der Waals surface area contributed by atoms with E-state index in [1.165, 1.54) is 16.7 Å². The number of carbonyl (C=O) groups is 1. The van der Waals surface area contributed by atoms with Crippen LogP contribution in [0, 0.1) is 0 Å². The molecule has 0 atom stereocenters. The van der Waals surface area contributed by atoms with Gasteiger partial charge in [-0.05, 0) is 29.2 Å². The van der Waals surface area contributed by atoms with Crippen molar-refractivity contribution in [2.45, 2.75) is 12.8 Å². The van der Waals surface area contributed by atoms with Gasteiger partial charge in [0, 0.05) is 12.0 Å². The van der Waals surface area contributed by atoms with E-state index in [0.29, 0.717) is 12.2 Å².